The molecule has 0 fully saturated rings. The predicted molar refractivity (Wildman–Crippen MR) is 61.8 cm³/mol. The maximum atomic E-state index is 11.3. The number of aryl methyl sites for hydroxylation is 1. The molecule has 1 rings (SSSR count). The van der Waals surface area contributed by atoms with E-state index in [1.54, 1.807) is 6.92 Å². The fourth-order valence-electron chi connectivity index (χ4n) is 1.14. The molecule has 1 aromatic rings. The van der Waals surface area contributed by atoms with Crippen molar-refractivity contribution in [3.05, 3.63) is 22.1 Å². The quantitative estimate of drug-likeness (QED) is 0.600. The number of carboxylic acid groups (broad SMARTS) is 1. The fourth-order valence-corrected chi connectivity index (χ4v) is 1.91. The van der Waals surface area contributed by atoms with Gasteiger partial charge in [0.05, 0.1) is 0 Å². The van der Waals surface area contributed by atoms with Gasteiger partial charge in [-0.3, -0.25) is 9.59 Å². The minimum atomic E-state index is -0.923. The first kappa shape index (κ1) is 12.8. The summed E-state index contributed by atoms with van der Waals surface area (Å²) in [6, 6.07) is 1.44. The number of nitrogens with zero attached hydrogens (tertiary/aromatic N) is 1. The van der Waals surface area contributed by atoms with Crippen LogP contribution >= 0.6 is 11.8 Å². The minimum Gasteiger partial charge on any atom is -0.480 e. The molecule has 1 heterocycles. The van der Waals surface area contributed by atoms with E-state index in [1.807, 2.05) is 6.92 Å². The van der Waals surface area contributed by atoms with Crippen molar-refractivity contribution in [2.24, 2.45) is 0 Å². The Kier molecular flexibility index (Phi) is 4.54. The number of hydrogen-bond acceptors (Lipinski definition) is 4. The topological polar surface area (TPSA) is 83.0 Å². The Hall–Kier alpha value is -1.30. The summed E-state index contributed by atoms with van der Waals surface area (Å²) in [6.07, 6.45) is 1.62. The van der Waals surface area contributed by atoms with Gasteiger partial charge in [-0.1, -0.05) is 25.1 Å². The number of aromatic nitrogens is 2. The second-order valence-electron chi connectivity index (χ2n) is 3.39. The first-order chi connectivity index (χ1) is 7.52. The number of carbonyl (C=O) groups is 1. The van der Waals surface area contributed by atoms with Gasteiger partial charge in [0.15, 0.2) is 5.16 Å². The summed E-state index contributed by atoms with van der Waals surface area (Å²) >= 11 is 1.04. The van der Waals surface area contributed by atoms with Crippen molar-refractivity contribution in [3.8, 4) is 0 Å². The van der Waals surface area contributed by atoms with Gasteiger partial charge in [0, 0.05) is 11.8 Å². The van der Waals surface area contributed by atoms with E-state index in [0.717, 1.165) is 24.6 Å². The Morgan fingerprint density at radius 2 is 2.38 bits per heavy atom. The number of rotatable bonds is 5. The first-order valence-corrected chi connectivity index (χ1v) is 5.90. The molecule has 88 valence electrons. The highest BCUT2D eigenvalue weighted by Gasteiger charge is 2.14. The summed E-state index contributed by atoms with van der Waals surface area (Å²) in [5.74, 6) is -0.923. The van der Waals surface area contributed by atoms with Crippen molar-refractivity contribution in [3.63, 3.8) is 0 Å². The summed E-state index contributed by atoms with van der Waals surface area (Å²) in [7, 11) is 0. The number of nitrogens with one attached hydrogen (secondary N) is 1. The highest BCUT2D eigenvalue weighted by atomic mass is 32.2. The van der Waals surface area contributed by atoms with Crippen LogP contribution in [0.1, 0.15) is 26.0 Å². The predicted octanol–water partition coefficient (Wildman–Crippen LogP) is 1.29. The van der Waals surface area contributed by atoms with Crippen LogP contribution in [-0.4, -0.2) is 26.3 Å². The number of carboxylic acids is 1. The zero-order chi connectivity index (χ0) is 12.1. The van der Waals surface area contributed by atoms with Gasteiger partial charge >= 0.3 is 5.97 Å². The van der Waals surface area contributed by atoms with Gasteiger partial charge in [0.1, 0.15) is 5.25 Å². The number of H-pyrrole nitrogens is 1. The molecule has 2 N–H and O–H groups in total. The molecule has 0 aromatic carbocycles. The van der Waals surface area contributed by atoms with Crippen molar-refractivity contribution in [1.82, 2.24) is 9.97 Å². The molecule has 0 aliphatic heterocycles. The van der Waals surface area contributed by atoms with Crippen molar-refractivity contribution in [1.29, 1.82) is 0 Å². The minimum absolute atomic E-state index is 0.237. The molecule has 0 bridgehead atoms. The third-order valence-electron chi connectivity index (χ3n) is 1.92. The summed E-state index contributed by atoms with van der Waals surface area (Å²) in [4.78, 5) is 28.7. The van der Waals surface area contributed by atoms with Crippen LogP contribution in [0, 0.1) is 0 Å². The van der Waals surface area contributed by atoms with E-state index in [4.69, 9.17) is 5.11 Å². The van der Waals surface area contributed by atoms with E-state index in [-0.39, 0.29) is 5.56 Å². The van der Waals surface area contributed by atoms with Crippen LogP contribution < -0.4 is 5.56 Å². The van der Waals surface area contributed by atoms with Crippen LogP contribution in [0.15, 0.2) is 16.0 Å². The molecular formula is C10H14N2O3S. The average Bonchev–Trinajstić information content (AvgIpc) is 2.16. The SMILES string of the molecule is CCCc1cc(=O)[nH]c(SC(C)C(=O)O)n1. The fraction of sp³-hybridized carbons (Fsp3) is 0.500. The van der Waals surface area contributed by atoms with Crippen LogP contribution in [0.4, 0.5) is 0 Å². The molecule has 0 saturated carbocycles. The lowest BCUT2D eigenvalue weighted by atomic mass is 10.2. The highest BCUT2D eigenvalue weighted by Crippen LogP contribution is 2.18. The lowest BCUT2D eigenvalue weighted by Gasteiger charge is -2.06. The van der Waals surface area contributed by atoms with Crippen molar-refractivity contribution in [2.75, 3.05) is 0 Å². The van der Waals surface area contributed by atoms with Crippen molar-refractivity contribution in [2.45, 2.75) is 37.1 Å². The van der Waals surface area contributed by atoms with Crippen molar-refractivity contribution >= 4 is 17.7 Å². The number of hydrogen-bond donors (Lipinski definition) is 2. The smallest absolute Gasteiger partial charge is 0.316 e. The standard InChI is InChI=1S/C10H14N2O3S/c1-3-4-7-5-8(13)12-10(11-7)16-6(2)9(14)15/h5-6H,3-4H2,1-2H3,(H,14,15)(H,11,12,13). The zero-order valence-corrected chi connectivity index (χ0v) is 10.0. The molecular weight excluding hydrogens is 228 g/mol. The first-order valence-electron chi connectivity index (χ1n) is 5.02. The van der Waals surface area contributed by atoms with Gasteiger partial charge in [-0.15, -0.1) is 0 Å². The van der Waals surface area contributed by atoms with Crippen LogP contribution in [0.3, 0.4) is 0 Å². The molecule has 1 unspecified atom stereocenters. The van der Waals surface area contributed by atoms with Gasteiger partial charge in [-0.05, 0) is 13.3 Å². The maximum absolute atomic E-state index is 11.3. The Balaban J connectivity index is 2.88. The van der Waals surface area contributed by atoms with Gasteiger partial charge in [0.25, 0.3) is 5.56 Å². The van der Waals surface area contributed by atoms with Crippen LogP contribution in [0.5, 0.6) is 0 Å². The van der Waals surface area contributed by atoms with E-state index in [9.17, 15) is 9.59 Å². The molecule has 1 aromatic heterocycles. The Labute approximate surface area is 97.3 Å². The van der Waals surface area contributed by atoms with E-state index < -0.39 is 11.2 Å². The molecule has 16 heavy (non-hydrogen) atoms. The zero-order valence-electron chi connectivity index (χ0n) is 9.19. The summed E-state index contributed by atoms with van der Waals surface area (Å²) in [5, 5.41) is 8.49. The maximum Gasteiger partial charge on any atom is 0.316 e. The number of aromatic amines is 1. The average molecular weight is 242 g/mol. The molecule has 5 nitrogen and oxygen atoms in total. The lowest BCUT2D eigenvalue weighted by Crippen LogP contribution is -2.15. The van der Waals surface area contributed by atoms with Gasteiger partial charge in [0.2, 0.25) is 0 Å². The van der Waals surface area contributed by atoms with E-state index in [1.165, 1.54) is 6.07 Å². The second-order valence-corrected chi connectivity index (χ2v) is 4.72. The normalized spacial score (nSPS) is 12.4. The number of aliphatic carboxylic acids is 1. The van der Waals surface area contributed by atoms with E-state index >= 15 is 0 Å². The largest absolute Gasteiger partial charge is 0.480 e. The van der Waals surface area contributed by atoms with Crippen LogP contribution in [0.2, 0.25) is 0 Å². The van der Waals surface area contributed by atoms with Crippen LogP contribution in [-0.2, 0) is 11.2 Å². The third kappa shape index (κ3) is 3.69. The summed E-state index contributed by atoms with van der Waals surface area (Å²) in [6.45, 7) is 3.55. The molecule has 0 aliphatic rings. The lowest BCUT2D eigenvalue weighted by molar-refractivity contribution is -0.136. The van der Waals surface area contributed by atoms with Gasteiger partial charge in [-0.2, -0.15) is 0 Å². The molecule has 0 radical (unpaired) electrons. The van der Waals surface area contributed by atoms with Gasteiger partial charge in [-0.25, -0.2) is 4.98 Å². The summed E-state index contributed by atoms with van der Waals surface area (Å²) in [5.41, 5.74) is 0.463. The monoisotopic (exact) mass is 242 g/mol. The summed E-state index contributed by atoms with van der Waals surface area (Å²) < 4.78 is 0. The number of thioether (sulfide) groups is 1. The Bertz CT molecular complexity index is 430. The Morgan fingerprint density at radius 3 is 2.94 bits per heavy atom. The highest BCUT2D eigenvalue weighted by molar-refractivity contribution is 8.00. The molecule has 0 amide bonds. The molecule has 0 aliphatic carbocycles. The van der Waals surface area contributed by atoms with Crippen LogP contribution in [0.25, 0.3) is 0 Å². The molecule has 0 saturated heterocycles. The molecule has 1 atom stereocenters. The Morgan fingerprint density at radius 1 is 1.69 bits per heavy atom. The van der Waals surface area contributed by atoms with Gasteiger partial charge < -0.3 is 10.1 Å². The van der Waals surface area contributed by atoms with E-state index in [0.29, 0.717) is 10.9 Å². The van der Waals surface area contributed by atoms with Crippen molar-refractivity contribution < 1.29 is 9.90 Å². The third-order valence-corrected chi connectivity index (χ3v) is 2.89. The second kappa shape index (κ2) is 5.69. The van der Waals surface area contributed by atoms with E-state index in [2.05, 4.69) is 9.97 Å². The molecule has 0 spiro atoms. The molecule has 6 heteroatoms.